The van der Waals surface area contributed by atoms with Gasteiger partial charge < -0.3 is 15.0 Å². The van der Waals surface area contributed by atoms with Crippen molar-refractivity contribution < 1.29 is 5.11 Å². The van der Waals surface area contributed by atoms with E-state index in [0.717, 1.165) is 31.9 Å². The van der Waals surface area contributed by atoms with Crippen molar-refractivity contribution in [2.24, 2.45) is 0 Å². The molecule has 132 valence electrons. The molecular weight excluding hydrogens is 302 g/mol. The van der Waals surface area contributed by atoms with Gasteiger partial charge in [-0.2, -0.15) is 0 Å². The van der Waals surface area contributed by atoms with E-state index in [1.54, 1.807) is 0 Å². The van der Waals surface area contributed by atoms with Crippen LogP contribution < -0.4 is 5.32 Å². The zero-order chi connectivity index (χ0) is 16.1. The van der Waals surface area contributed by atoms with Gasteiger partial charge in [0.1, 0.15) is 11.6 Å². The van der Waals surface area contributed by atoms with Crippen LogP contribution in [0.3, 0.4) is 0 Å². The van der Waals surface area contributed by atoms with Crippen LogP contribution in [0.4, 0.5) is 0 Å². The van der Waals surface area contributed by atoms with Crippen molar-refractivity contribution in [1.82, 2.24) is 25.0 Å². The quantitative estimate of drug-likeness (QED) is 0.828. The summed E-state index contributed by atoms with van der Waals surface area (Å²) in [5.41, 5.74) is 0. The van der Waals surface area contributed by atoms with E-state index in [9.17, 15) is 5.11 Å². The third-order valence-corrected chi connectivity index (χ3v) is 6.31. The molecule has 0 aromatic carbocycles. The molecule has 1 aromatic rings. The first-order chi connectivity index (χ1) is 11.8. The number of aliphatic hydroxyl groups is 1. The molecule has 0 radical (unpaired) electrons. The molecule has 2 heterocycles. The second-order valence-corrected chi connectivity index (χ2v) is 8.27. The van der Waals surface area contributed by atoms with Crippen molar-refractivity contribution in [2.45, 2.75) is 88.1 Å². The van der Waals surface area contributed by atoms with Gasteiger partial charge in [0.2, 0.25) is 0 Å². The molecule has 6 nitrogen and oxygen atoms in total. The first-order valence-corrected chi connectivity index (χ1v) is 9.89. The van der Waals surface area contributed by atoms with Crippen LogP contribution in [-0.4, -0.2) is 56.0 Å². The molecule has 0 amide bonds. The second-order valence-electron chi connectivity index (χ2n) is 8.27. The van der Waals surface area contributed by atoms with Gasteiger partial charge in [0.05, 0.1) is 12.6 Å². The van der Waals surface area contributed by atoms with Crippen molar-refractivity contribution >= 4 is 0 Å². The fraction of sp³-hybridized carbons (Fsp3) is 0.889. The Kier molecular flexibility index (Phi) is 3.87. The first kappa shape index (κ1) is 15.3. The predicted molar refractivity (Wildman–Crippen MR) is 90.7 cm³/mol. The standard InChI is InChI=1S/C18H29N5O/c24-14-8-9-22(11-14)16-3-1-2-15(16)19-10-17-20-21-18(12-4-5-12)23(17)13-6-7-13/h12-16,19,24H,1-11H2/t14?,15-,16+/m1/s1. The van der Waals surface area contributed by atoms with E-state index in [2.05, 4.69) is 25.0 Å². The number of β-amino-alcohol motifs (C(OH)–C–C–N with tert-alkyl or cyclic N) is 1. The van der Waals surface area contributed by atoms with Crippen molar-refractivity contribution in [3.05, 3.63) is 11.6 Å². The molecule has 1 aliphatic heterocycles. The maximum Gasteiger partial charge on any atom is 0.147 e. The minimum atomic E-state index is -0.120. The number of nitrogens with zero attached hydrogens (tertiary/aromatic N) is 4. The molecule has 2 N–H and O–H groups in total. The number of hydrogen-bond acceptors (Lipinski definition) is 5. The number of aromatic nitrogens is 3. The molecule has 0 spiro atoms. The van der Waals surface area contributed by atoms with Crippen molar-refractivity contribution in [2.75, 3.05) is 13.1 Å². The van der Waals surface area contributed by atoms with Crippen LogP contribution >= 0.6 is 0 Å². The average molecular weight is 331 g/mol. The van der Waals surface area contributed by atoms with E-state index < -0.39 is 0 Å². The van der Waals surface area contributed by atoms with E-state index in [-0.39, 0.29) is 6.10 Å². The zero-order valence-electron chi connectivity index (χ0n) is 14.4. The van der Waals surface area contributed by atoms with Crippen molar-refractivity contribution in [3.8, 4) is 0 Å². The van der Waals surface area contributed by atoms with E-state index in [1.807, 2.05) is 0 Å². The van der Waals surface area contributed by atoms with E-state index in [1.165, 1.54) is 50.8 Å². The molecule has 4 aliphatic rings. The third-order valence-electron chi connectivity index (χ3n) is 6.31. The lowest BCUT2D eigenvalue weighted by molar-refractivity contribution is 0.149. The molecule has 3 aliphatic carbocycles. The Morgan fingerprint density at radius 1 is 1.04 bits per heavy atom. The number of hydrogen-bond donors (Lipinski definition) is 2. The average Bonchev–Trinajstić information content (AvgIpc) is 3.47. The van der Waals surface area contributed by atoms with Crippen LogP contribution in [0.1, 0.15) is 75.0 Å². The topological polar surface area (TPSA) is 66.2 Å². The monoisotopic (exact) mass is 331 g/mol. The molecule has 4 fully saturated rings. The van der Waals surface area contributed by atoms with Crippen LogP contribution in [0.15, 0.2) is 0 Å². The summed E-state index contributed by atoms with van der Waals surface area (Å²) in [5.74, 6) is 3.07. The molecule has 6 heteroatoms. The second kappa shape index (κ2) is 6.07. The molecular formula is C18H29N5O. The third kappa shape index (κ3) is 2.89. The highest BCUT2D eigenvalue weighted by molar-refractivity contribution is 5.12. The van der Waals surface area contributed by atoms with Crippen molar-refractivity contribution in [1.29, 1.82) is 0 Å². The van der Waals surface area contributed by atoms with Gasteiger partial charge in [0.15, 0.2) is 0 Å². The molecule has 3 saturated carbocycles. The van der Waals surface area contributed by atoms with Crippen LogP contribution in [-0.2, 0) is 6.54 Å². The lowest BCUT2D eigenvalue weighted by Crippen LogP contribution is -2.46. The maximum absolute atomic E-state index is 9.84. The highest BCUT2D eigenvalue weighted by Crippen LogP contribution is 2.44. The molecule has 1 unspecified atom stereocenters. The smallest absolute Gasteiger partial charge is 0.147 e. The number of nitrogens with one attached hydrogen (secondary N) is 1. The normalized spacial score (nSPS) is 34.3. The Morgan fingerprint density at radius 2 is 1.92 bits per heavy atom. The summed E-state index contributed by atoms with van der Waals surface area (Å²) in [4.78, 5) is 2.50. The van der Waals surface area contributed by atoms with Crippen LogP contribution in [0, 0.1) is 0 Å². The van der Waals surface area contributed by atoms with E-state index in [4.69, 9.17) is 0 Å². The van der Waals surface area contributed by atoms with Crippen LogP contribution in [0.5, 0.6) is 0 Å². The Balaban J connectivity index is 1.25. The number of aliphatic hydroxyl groups excluding tert-OH is 1. The lowest BCUT2D eigenvalue weighted by Gasteiger charge is -2.29. The van der Waals surface area contributed by atoms with Crippen molar-refractivity contribution in [3.63, 3.8) is 0 Å². The molecule has 5 rings (SSSR count). The number of rotatable bonds is 6. The summed E-state index contributed by atoms with van der Waals surface area (Å²) in [7, 11) is 0. The number of likely N-dealkylation sites (tertiary alicyclic amines) is 1. The van der Waals surface area contributed by atoms with Gasteiger partial charge >= 0.3 is 0 Å². The maximum atomic E-state index is 9.84. The molecule has 0 bridgehead atoms. The van der Waals surface area contributed by atoms with E-state index >= 15 is 0 Å². The largest absolute Gasteiger partial charge is 0.392 e. The predicted octanol–water partition coefficient (Wildman–Crippen LogP) is 1.57. The Morgan fingerprint density at radius 3 is 2.62 bits per heavy atom. The molecule has 3 atom stereocenters. The Hall–Kier alpha value is -0.980. The van der Waals surface area contributed by atoms with Gasteiger partial charge in [-0.1, -0.05) is 6.42 Å². The molecule has 1 aromatic heterocycles. The SMILES string of the molecule is OC1CCN([C@H]2CCC[C@H]2NCc2nnc(C3CC3)n2C2CC2)C1. The van der Waals surface area contributed by atoms with Gasteiger partial charge in [-0.05, 0) is 44.9 Å². The fourth-order valence-corrected chi connectivity index (χ4v) is 4.72. The minimum absolute atomic E-state index is 0.120. The molecule has 1 saturated heterocycles. The highest BCUT2D eigenvalue weighted by atomic mass is 16.3. The highest BCUT2D eigenvalue weighted by Gasteiger charge is 2.38. The van der Waals surface area contributed by atoms with Crippen LogP contribution in [0.2, 0.25) is 0 Å². The summed E-state index contributed by atoms with van der Waals surface area (Å²) in [6.07, 6.45) is 9.77. The van der Waals surface area contributed by atoms with Gasteiger partial charge in [-0.25, -0.2) is 0 Å². The first-order valence-electron chi connectivity index (χ1n) is 9.89. The van der Waals surface area contributed by atoms with Gasteiger partial charge in [-0.15, -0.1) is 10.2 Å². The zero-order valence-corrected chi connectivity index (χ0v) is 14.4. The summed E-state index contributed by atoms with van der Waals surface area (Å²) in [6.45, 7) is 2.74. The van der Waals surface area contributed by atoms with Crippen LogP contribution in [0.25, 0.3) is 0 Å². The van der Waals surface area contributed by atoms with E-state index in [0.29, 0.717) is 24.0 Å². The Labute approximate surface area is 143 Å². The summed E-state index contributed by atoms with van der Waals surface area (Å²) >= 11 is 0. The van der Waals surface area contributed by atoms with Gasteiger partial charge in [-0.3, -0.25) is 4.90 Å². The summed E-state index contributed by atoms with van der Waals surface area (Å²) in [6, 6.07) is 1.78. The van der Waals surface area contributed by atoms with Gasteiger partial charge in [0.25, 0.3) is 0 Å². The van der Waals surface area contributed by atoms with Gasteiger partial charge in [0, 0.05) is 37.1 Å². The lowest BCUT2D eigenvalue weighted by atomic mass is 10.1. The Bertz CT molecular complexity index is 594. The fourth-order valence-electron chi connectivity index (χ4n) is 4.72. The summed E-state index contributed by atoms with van der Waals surface area (Å²) in [5, 5.41) is 22.7. The molecule has 24 heavy (non-hydrogen) atoms. The summed E-state index contributed by atoms with van der Waals surface area (Å²) < 4.78 is 2.45. The minimum Gasteiger partial charge on any atom is -0.392 e.